The maximum absolute atomic E-state index is 13.2. The Labute approximate surface area is 183 Å². The predicted molar refractivity (Wildman–Crippen MR) is 115 cm³/mol. The first-order chi connectivity index (χ1) is 15.3. The van der Waals surface area contributed by atoms with Gasteiger partial charge in [0.15, 0.2) is 0 Å². The van der Waals surface area contributed by atoms with Gasteiger partial charge < -0.3 is 20.7 Å². The van der Waals surface area contributed by atoms with Crippen molar-refractivity contribution in [3.05, 3.63) is 71.4 Å². The molecule has 0 unspecified atom stereocenters. The third-order valence-electron chi connectivity index (χ3n) is 5.57. The third kappa shape index (κ3) is 4.10. The van der Waals surface area contributed by atoms with E-state index < -0.39 is 36.3 Å². The van der Waals surface area contributed by atoms with Crippen molar-refractivity contribution in [1.82, 2.24) is 15.2 Å². The molecule has 4 rings (SSSR count). The lowest BCUT2D eigenvalue weighted by atomic mass is 9.95. The summed E-state index contributed by atoms with van der Waals surface area (Å²) in [5, 5.41) is 12.0. The van der Waals surface area contributed by atoms with Crippen LogP contribution in [0.1, 0.15) is 28.0 Å². The first-order valence-electron chi connectivity index (χ1n) is 10.1. The van der Waals surface area contributed by atoms with E-state index >= 15 is 0 Å². The van der Waals surface area contributed by atoms with Gasteiger partial charge in [0.05, 0.1) is 19.0 Å². The first-order valence-corrected chi connectivity index (χ1v) is 10.1. The Morgan fingerprint density at radius 1 is 1.09 bits per heavy atom. The van der Waals surface area contributed by atoms with Crippen LogP contribution in [-0.2, 0) is 27.3 Å². The minimum Gasteiger partial charge on any atom is -0.481 e. The highest BCUT2D eigenvalue weighted by Crippen LogP contribution is 2.31. The molecule has 9 nitrogen and oxygen atoms in total. The number of imide groups is 1. The monoisotopic (exact) mass is 434 g/mol. The molecule has 2 aromatic carbocycles. The van der Waals surface area contributed by atoms with Crippen molar-refractivity contribution >= 4 is 34.6 Å². The SMILES string of the molecule is N[C@@H](CC(=O)O)C(=O)NC(=O)[C@H]1Cc2c([nH]c3ccccc23)CN1C(=O)c1ccccc1. The largest absolute Gasteiger partial charge is 0.481 e. The molecular formula is C23H22N4O5. The van der Waals surface area contributed by atoms with Crippen LogP contribution in [0.2, 0.25) is 0 Å². The Morgan fingerprint density at radius 3 is 2.50 bits per heavy atom. The number of carbonyl (C=O) groups is 4. The molecule has 1 aromatic heterocycles. The molecule has 32 heavy (non-hydrogen) atoms. The summed E-state index contributed by atoms with van der Waals surface area (Å²) < 4.78 is 0. The summed E-state index contributed by atoms with van der Waals surface area (Å²) in [4.78, 5) is 54.1. The molecule has 164 valence electrons. The van der Waals surface area contributed by atoms with Gasteiger partial charge in [-0.05, 0) is 23.8 Å². The van der Waals surface area contributed by atoms with Gasteiger partial charge in [-0.3, -0.25) is 24.5 Å². The molecule has 3 amide bonds. The Balaban J connectivity index is 1.66. The number of amides is 3. The van der Waals surface area contributed by atoms with Gasteiger partial charge in [0.2, 0.25) is 11.8 Å². The molecule has 3 aromatic rings. The molecule has 5 N–H and O–H groups in total. The number of carboxylic acids is 1. The van der Waals surface area contributed by atoms with E-state index in [0.29, 0.717) is 5.56 Å². The van der Waals surface area contributed by atoms with Crippen molar-refractivity contribution in [2.45, 2.75) is 31.5 Å². The van der Waals surface area contributed by atoms with E-state index in [9.17, 15) is 19.2 Å². The molecule has 0 saturated carbocycles. The zero-order valence-corrected chi connectivity index (χ0v) is 17.1. The van der Waals surface area contributed by atoms with E-state index in [-0.39, 0.29) is 18.9 Å². The van der Waals surface area contributed by atoms with Crippen molar-refractivity contribution in [2.24, 2.45) is 5.73 Å². The molecule has 0 fully saturated rings. The molecule has 2 atom stereocenters. The second kappa shape index (κ2) is 8.64. The predicted octanol–water partition coefficient (Wildman–Crippen LogP) is 1.18. The second-order valence-electron chi connectivity index (χ2n) is 7.70. The zero-order chi connectivity index (χ0) is 22.8. The van der Waals surface area contributed by atoms with Crippen LogP contribution in [0.25, 0.3) is 10.9 Å². The van der Waals surface area contributed by atoms with Gasteiger partial charge >= 0.3 is 5.97 Å². The quantitative estimate of drug-likeness (QED) is 0.474. The number of H-pyrrole nitrogens is 1. The van der Waals surface area contributed by atoms with E-state index in [1.807, 2.05) is 24.3 Å². The Kier molecular flexibility index (Phi) is 5.74. The molecule has 0 bridgehead atoms. The fraction of sp³-hybridized carbons (Fsp3) is 0.217. The van der Waals surface area contributed by atoms with Crippen molar-refractivity contribution in [1.29, 1.82) is 0 Å². The van der Waals surface area contributed by atoms with Crippen LogP contribution in [0.4, 0.5) is 0 Å². The minimum atomic E-state index is -1.37. The molecule has 9 heteroatoms. The van der Waals surface area contributed by atoms with Crippen molar-refractivity contribution in [3.63, 3.8) is 0 Å². The number of benzene rings is 2. The van der Waals surface area contributed by atoms with Crippen LogP contribution in [0, 0.1) is 0 Å². The number of hydrogen-bond donors (Lipinski definition) is 4. The fourth-order valence-corrected chi connectivity index (χ4v) is 3.98. The molecule has 0 radical (unpaired) electrons. The van der Waals surface area contributed by atoms with Crippen LogP contribution < -0.4 is 11.1 Å². The number of aromatic amines is 1. The van der Waals surface area contributed by atoms with Crippen LogP contribution in [-0.4, -0.2) is 50.8 Å². The number of fused-ring (bicyclic) bond motifs is 3. The number of para-hydroxylation sites is 1. The van der Waals surface area contributed by atoms with Gasteiger partial charge in [-0.2, -0.15) is 0 Å². The average Bonchev–Trinajstić information content (AvgIpc) is 3.15. The lowest BCUT2D eigenvalue weighted by molar-refractivity contribution is -0.141. The summed E-state index contributed by atoms with van der Waals surface area (Å²) >= 11 is 0. The third-order valence-corrected chi connectivity index (χ3v) is 5.57. The molecule has 1 aliphatic heterocycles. The van der Waals surface area contributed by atoms with E-state index in [0.717, 1.165) is 22.2 Å². The van der Waals surface area contributed by atoms with E-state index in [1.54, 1.807) is 30.3 Å². The highest BCUT2D eigenvalue weighted by Gasteiger charge is 2.37. The fourth-order valence-electron chi connectivity index (χ4n) is 3.98. The summed E-state index contributed by atoms with van der Waals surface area (Å²) in [6.45, 7) is 0.158. The highest BCUT2D eigenvalue weighted by molar-refractivity contribution is 6.04. The first kappa shape index (κ1) is 21.3. The highest BCUT2D eigenvalue weighted by atomic mass is 16.4. The van der Waals surface area contributed by atoms with E-state index in [2.05, 4.69) is 10.3 Å². The summed E-state index contributed by atoms with van der Waals surface area (Å²) in [5.74, 6) is -3.19. The maximum Gasteiger partial charge on any atom is 0.305 e. The number of aromatic nitrogens is 1. The summed E-state index contributed by atoms with van der Waals surface area (Å²) in [5.41, 5.74) is 8.62. The smallest absolute Gasteiger partial charge is 0.305 e. The number of hydrogen-bond acceptors (Lipinski definition) is 5. The van der Waals surface area contributed by atoms with Crippen molar-refractivity contribution < 1.29 is 24.3 Å². The number of carboxylic acid groups (broad SMARTS) is 1. The Bertz CT molecular complexity index is 1200. The van der Waals surface area contributed by atoms with Gasteiger partial charge in [-0.1, -0.05) is 36.4 Å². The zero-order valence-electron chi connectivity index (χ0n) is 17.1. The van der Waals surface area contributed by atoms with Gasteiger partial charge in [-0.15, -0.1) is 0 Å². The number of aliphatic carboxylic acids is 1. The Hall–Kier alpha value is -3.98. The minimum absolute atomic E-state index is 0.158. The van der Waals surface area contributed by atoms with Crippen LogP contribution in [0.15, 0.2) is 54.6 Å². The van der Waals surface area contributed by atoms with Gasteiger partial charge in [-0.25, -0.2) is 0 Å². The summed E-state index contributed by atoms with van der Waals surface area (Å²) in [7, 11) is 0. The maximum atomic E-state index is 13.2. The van der Waals surface area contributed by atoms with Crippen LogP contribution >= 0.6 is 0 Å². The number of nitrogens with zero attached hydrogens (tertiary/aromatic N) is 1. The standard InChI is InChI=1S/C23H22N4O5/c24-16(11-20(28)29)21(30)26-22(31)19-10-15-14-8-4-5-9-17(14)25-18(15)12-27(19)23(32)13-6-2-1-3-7-13/h1-9,16,19,25H,10-12,24H2,(H,28,29)(H,26,30,31)/t16-,19+/m0/s1. The summed E-state index contributed by atoms with van der Waals surface area (Å²) in [6.07, 6.45) is -0.408. The van der Waals surface area contributed by atoms with Gasteiger partial charge in [0.25, 0.3) is 5.91 Å². The lowest BCUT2D eigenvalue weighted by Crippen LogP contribution is -2.55. The summed E-state index contributed by atoms with van der Waals surface area (Å²) in [6, 6.07) is 13.9. The van der Waals surface area contributed by atoms with Crippen molar-refractivity contribution in [3.8, 4) is 0 Å². The Morgan fingerprint density at radius 2 is 1.78 bits per heavy atom. The van der Waals surface area contributed by atoms with Crippen molar-refractivity contribution in [2.75, 3.05) is 0 Å². The van der Waals surface area contributed by atoms with Crippen LogP contribution in [0.5, 0.6) is 0 Å². The normalized spacial score (nSPS) is 16.3. The van der Waals surface area contributed by atoms with Gasteiger partial charge in [0.1, 0.15) is 6.04 Å². The number of nitrogens with one attached hydrogen (secondary N) is 2. The average molecular weight is 434 g/mol. The van der Waals surface area contributed by atoms with Crippen LogP contribution in [0.3, 0.4) is 0 Å². The molecule has 1 aliphatic rings. The topological polar surface area (TPSA) is 146 Å². The number of carbonyl (C=O) groups excluding carboxylic acids is 3. The molecule has 2 heterocycles. The lowest BCUT2D eigenvalue weighted by Gasteiger charge is -2.35. The van der Waals surface area contributed by atoms with E-state index in [1.165, 1.54) is 4.90 Å². The molecular weight excluding hydrogens is 412 g/mol. The second-order valence-corrected chi connectivity index (χ2v) is 7.70. The molecule has 0 aliphatic carbocycles. The van der Waals surface area contributed by atoms with Gasteiger partial charge in [0, 0.05) is 28.6 Å². The van der Waals surface area contributed by atoms with E-state index in [4.69, 9.17) is 10.8 Å². The molecule has 0 spiro atoms. The number of rotatable bonds is 5. The number of nitrogens with two attached hydrogens (primary N) is 1. The molecule has 0 saturated heterocycles.